The molecule has 0 aliphatic carbocycles. The molecular formula is C13H29N. The van der Waals surface area contributed by atoms with Crippen LogP contribution in [0.1, 0.15) is 72.1 Å². The zero-order chi connectivity index (χ0) is 10.9. The smallest absolute Gasteiger partial charge is 0.0122 e. The fourth-order valence-electron chi connectivity index (χ4n) is 1.65. The van der Waals surface area contributed by atoms with E-state index in [1.165, 1.54) is 51.4 Å². The molecule has 0 aromatic rings. The predicted octanol–water partition coefficient (Wildman–Crippen LogP) is 4.13. The van der Waals surface area contributed by atoms with E-state index in [-0.39, 0.29) is 0 Å². The quantitative estimate of drug-likeness (QED) is 0.551. The Labute approximate surface area is 90.7 Å². The SMILES string of the molecule is CCCCCCCCCC(C)(C)NC. The summed E-state index contributed by atoms with van der Waals surface area (Å²) >= 11 is 0. The van der Waals surface area contributed by atoms with Crippen LogP contribution in [-0.2, 0) is 0 Å². The molecule has 0 unspecified atom stereocenters. The van der Waals surface area contributed by atoms with Crippen LogP contribution in [0.3, 0.4) is 0 Å². The zero-order valence-electron chi connectivity index (χ0n) is 10.7. The first kappa shape index (κ1) is 14.0. The summed E-state index contributed by atoms with van der Waals surface area (Å²) < 4.78 is 0. The third-order valence-corrected chi connectivity index (χ3v) is 3.08. The predicted molar refractivity (Wildman–Crippen MR) is 65.7 cm³/mol. The summed E-state index contributed by atoms with van der Waals surface area (Å²) in [4.78, 5) is 0. The molecule has 0 amide bonds. The van der Waals surface area contributed by atoms with Crippen molar-refractivity contribution in [1.29, 1.82) is 0 Å². The standard InChI is InChI=1S/C13H29N/c1-5-6-7-8-9-10-11-12-13(2,3)14-4/h14H,5-12H2,1-4H3. The lowest BCUT2D eigenvalue weighted by Gasteiger charge is -2.23. The summed E-state index contributed by atoms with van der Waals surface area (Å²) in [5, 5.41) is 3.35. The van der Waals surface area contributed by atoms with Gasteiger partial charge in [0.25, 0.3) is 0 Å². The fraction of sp³-hybridized carbons (Fsp3) is 1.00. The Hall–Kier alpha value is -0.0400. The van der Waals surface area contributed by atoms with E-state index < -0.39 is 0 Å². The summed E-state index contributed by atoms with van der Waals surface area (Å²) in [6.45, 7) is 6.84. The first-order valence-electron chi connectivity index (χ1n) is 6.31. The van der Waals surface area contributed by atoms with Crippen molar-refractivity contribution in [3.05, 3.63) is 0 Å². The highest BCUT2D eigenvalue weighted by molar-refractivity contribution is 4.74. The molecule has 0 saturated heterocycles. The molecule has 0 aromatic carbocycles. The third kappa shape index (κ3) is 8.55. The van der Waals surface area contributed by atoms with E-state index in [0.29, 0.717) is 5.54 Å². The van der Waals surface area contributed by atoms with Crippen LogP contribution in [0.5, 0.6) is 0 Å². The van der Waals surface area contributed by atoms with Gasteiger partial charge in [-0.2, -0.15) is 0 Å². The topological polar surface area (TPSA) is 12.0 Å². The second kappa shape index (κ2) is 8.28. The first-order chi connectivity index (χ1) is 6.62. The second-order valence-electron chi connectivity index (χ2n) is 5.01. The number of nitrogens with one attached hydrogen (secondary N) is 1. The number of hydrogen-bond acceptors (Lipinski definition) is 1. The van der Waals surface area contributed by atoms with E-state index in [4.69, 9.17) is 0 Å². The average molecular weight is 199 g/mol. The highest BCUT2D eigenvalue weighted by Crippen LogP contribution is 2.14. The highest BCUT2D eigenvalue weighted by Gasteiger charge is 2.12. The van der Waals surface area contributed by atoms with Crippen LogP contribution in [0, 0.1) is 0 Å². The van der Waals surface area contributed by atoms with Gasteiger partial charge >= 0.3 is 0 Å². The summed E-state index contributed by atoms with van der Waals surface area (Å²) in [6, 6.07) is 0. The van der Waals surface area contributed by atoms with Crippen molar-refractivity contribution >= 4 is 0 Å². The van der Waals surface area contributed by atoms with E-state index in [9.17, 15) is 0 Å². The van der Waals surface area contributed by atoms with Crippen LogP contribution in [0.15, 0.2) is 0 Å². The van der Waals surface area contributed by atoms with Crippen molar-refractivity contribution in [1.82, 2.24) is 5.32 Å². The van der Waals surface area contributed by atoms with Gasteiger partial charge in [-0.1, -0.05) is 51.9 Å². The molecule has 0 aromatic heterocycles. The Bertz CT molecular complexity index is 118. The maximum Gasteiger partial charge on any atom is 0.0122 e. The molecule has 86 valence electrons. The Kier molecular flexibility index (Phi) is 8.26. The average Bonchev–Trinajstić information content (AvgIpc) is 2.16. The van der Waals surface area contributed by atoms with Gasteiger partial charge in [0, 0.05) is 5.54 Å². The van der Waals surface area contributed by atoms with Crippen LogP contribution >= 0.6 is 0 Å². The molecule has 0 spiro atoms. The minimum atomic E-state index is 0.337. The van der Waals surface area contributed by atoms with Gasteiger partial charge in [0.05, 0.1) is 0 Å². The summed E-state index contributed by atoms with van der Waals surface area (Å²) in [7, 11) is 2.06. The van der Waals surface area contributed by atoms with Gasteiger partial charge in [0.15, 0.2) is 0 Å². The van der Waals surface area contributed by atoms with Gasteiger partial charge in [0.2, 0.25) is 0 Å². The molecule has 14 heavy (non-hydrogen) atoms. The minimum Gasteiger partial charge on any atom is -0.315 e. The van der Waals surface area contributed by atoms with E-state index in [0.717, 1.165) is 0 Å². The minimum absolute atomic E-state index is 0.337. The van der Waals surface area contributed by atoms with Gasteiger partial charge < -0.3 is 5.32 Å². The van der Waals surface area contributed by atoms with E-state index in [2.05, 4.69) is 33.1 Å². The van der Waals surface area contributed by atoms with Gasteiger partial charge in [-0.25, -0.2) is 0 Å². The third-order valence-electron chi connectivity index (χ3n) is 3.08. The molecule has 0 atom stereocenters. The monoisotopic (exact) mass is 199 g/mol. The molecule has 1 N–H and O–H groups in total. The normalized spacial score (nSPS) is 12.0. The Morgan fingerprint density at radius 1 is 0.857 bits per heavy atom. The van der Waals surface area contributed by atoms with Crippen molar-refractivity contribution < 1.29 is 0 Å². The Morgan fingerprint density at radius 3 is 1.86 bits per heavy atom. The largest absolute Gasteiger partial charge is 0.315 e. The van der Waals surface area contributed by atoms with Gasteiger partial charge in [0.1, 0.15) is 0 Å². The Morgan fingerprint density at radius 2 is 1.36 bits per heavy atom. The molecule has 0 aliphatic rings. The molecule has 0 fully saturated rings. The maximum atomic E-state index is 3.35. The van der Waals surface area contributed by atoms with Crippen LogP contribution < -0.4 is 5.32 Å². The van der Waals surface area contributed by atoms with Gasteiger partial charge in [-0.05, 0) is 27.3 Å². The zero-order valence-corrected chi connectivity index (χ0v) is 10.7. The fourth-order valence-corrected chi connectivity index (χ4v) is 1.65. The number of unbranched alkanes of at least 4 members (excludes halogenated alkanes) is 6. The van der Waals surface area contributed by atoms with Crippen molar-refractivity contribution in [2.75, 3.05) is 7.05 Å². The van der Waals surface area contributed by atoms with Crippen LogP contribution in [0.2, 0.25) is 0 Å². The van der Waals surface area contributed by atoms with Crippen LogP contribution in [0.25, 0.3) is 0 Å². The molecule has 0 rings (SSSR count). The van der Waals surface area contributed by atoms with E-state index >= 15 is 0 Å². The highest BCUT2D eigenvalue weighted by atomic mass is 14.9. The van der Waals surface area contributed by atoms with Crippen molar-refractivity contribution in [2.45, 2.75) is 77.7 Å². The number of hydrogen-bond donors (Lipinski definition) is 1. The molecule has 1 heteroatoms. The summed E-state index contributed by atoms with van der Waals surface area (Å²) in [6.07, 6.45) is 11.2. The molecule has 0 heterocycles. The molecule has 0 bridgehead atoms. The molecule has 0 aliphatic heterocycles. The Balaban J connectivity index is 3.13. The molecular weight excluding hydrogens is 170 g/mol. The first-order valence-corrected chi connectivity index (χ1v) is 6.31. The molecule has 0 radical (unpaired) electrons. The second-order valence-corrected chi connectivity index (χ2v) is 5.01. The molecule has 0 saturated carbocycles. The van der Waals surface area contributed by atoms with Crippen molar-refractivity contribution in [3.63, 3.8) is 0 Å². The van der Waals surface area contributed by atoms with E-state index in [1.54, 1.807) is 0 Å². The lowest BCUT2D eigenvalue weighted by atomic mass is 9.96. The molecule has 1 nitrogen and oxygen atoms in total. The summed E-state index contributed by atoms with van der Waals surface area (Å²) in [5.41, 5.74) is 0.337. The van der Waals surface area contributed by atoms with Gasteiger partial charge in [-0.3, -0.25) is 0 Å². The maximum absolute atomic E-state index is 3.35. The lowest BCUT2D eigenvalue weighted by molar-refractivity contribution is 0.373. The van der Waals surface area contributed by atoms with E-state index in [1.807, 2.05) is 0 Å². The van der Waals surface area contributed by atoms with Crippen molar-refractivity contribution in [2.24, 2.45) is 0 Å². The number of rotatable bonds is 9. The van der Waals surface area contributed by atoms with Crippen LogP contribution in [-0.4, -0.2) is 12.6 Å². The van der Waals surface area contributed by atoms with Gasteiger partial charge in [-0.15, -0.1) is 0 Å². The van der Waals surface area contributed by atoms with Crippen molar-refractivity contribution in [3.8, 4) is 0 Å². The summed E-state index contributed by atoms with van der Waals surface area (Å²) in [5.74, 6) is 0. The van der Waals surface area contributed by atoms with Crippen LogP contribution in [0.4, 0.5) is 0 Å². The lowest BCUT2D eigenvalue weighted by Crippen LogP contribution is -2.35.